The summed E-state index contributed by atoms with van der Waals surface area (Å²) in [5, 5.41) is 2.89. The lowest BCUT2D eigenvalue weighted by atomic mass is 9.92. The first-order chi connectivity index (χ1) is 9.77. The summed E-state index contributed by atoms with van der Waals surface area (Å²) in [7, 11) is 0. The molecule has 5 nitrogen and oxygen atoms in total. The lowest BCUT2D eigenvalue weighted by molar-refractivity contribution is -0.124. The van der Waals surface area contributed by atoms with E-state index >= 15 is 0 Å². The van der Waals surface area contributed by atoms with E-state index in [-0.39, 0.29) is 24.2 Å². The maximum absolute atomic E-state index is 12.0. The predicted octanol–water partition coefficient (Wildman–Crippen LogP) is 1.63. The third kappa shape index (κ3) is 6.51. The van der Waals surface area contributed by atoms with E-state index < -0.39 is 6.04 Å². The number of ether oxygens (including phenoxy) is 2. The summed E-state index contributed by atoms with van der Waals surface area (Å²) >= 11 is 0. The molecule has 2 aliphatic rings. The number of rotatable bonds is 6. The summed E-state index contributed by atoms with van der Waals surface area (Å²) in [6.07, 6.45) is 8.35. The van der Waals surface area contributed by atoms with Crippen LogP contribution < -0.4 is 11.1 Å². The fraction of sp³-hybridized carbons (Fsp3) is 0.933. The van der Waals surface area contributed by atoms with E-state index in [1.54, 1.807) is 0 Å². The van der Waals surface area contributed by atoms with Crippen LogP contribution in [0.25, 0.3) is 0 Å². The van der Waals surface area contributed by atoms with Gasteiger partial charge in [-0.2, -0.15) is 0 Å². The minimum Gasteiger partial charge on any atom is -0.381 e. The molecule has 2 fully saturated rings. The van der Waals surface area contributed by atoms with E-state index in [1.165, 1.54) is 19.3 Å². The van der Waals surface area contributed by atoms with Crippen molar-refractivity contribution in [3.05, 3.63) is 0 Å². The fourth-order valence-electron chi connectivity index (χ4n) is 3.04. The molecule has 3 N–H and O–H groups in total. The summed E-state index contributed by atoms with van der Waals surface area (Å²) in [5.74, 6) is 0.201. The molecule has 1 saturated carbocycles. The van der Waals surface area contributed by atoms with Crippen LogP contribution in [-0.4, -0.2) is 44.4 Å². The third-order valence-electron chi connectivity index (χ3n) is 4.38. The first kappa shape index (κ1) is 18.7. The summed E-state index contributed by atoms with van der Waals surface area (Å²) < 4.78 is 11.1. The smallest absolute Gasteiger partial charge is 0.237 e. The van der Waals surface area contributed by atoms with Gasteiger partial charge in [0.05, 0.1) is 18.8 Å². The highest BCUT2D eigenvalue weighted by Crippen LogP contribution is 2.20. The first-order valence-electron chi connectivity index (χ1n) is 8.00. The first-order valence-corrected chi connectivity index (χ1v) is 8.00. The third-order valence-corrected chi connectivity index (χ3v) is 4.38. The van der Waals surface area contributed by atoms with Gasteiger partial charge >= 0.3 is 0 Å². The molecular weight excluding hydrogens is 292 g/mol. The molecule has 1 amide bonds. The Hall–Kier alpha value is -0.360. The monoisotopic (exact) mass is 320 g/mol. The number of hydrogen-bond acceptors (Lipinski definition) is 4. The lowest BCUT2D eigenvalue weighted by Gasteiger charge is -2.27. The Morgan fingerprint density at radius 2 is 1.86 bits per heavy atom. The number of nitrogens with two attached hydrogens (primary N) is 1. The molecule has 21 heavy (non-hydrogen) atoms. The molecular formula is C15H29ClN2O3. The highest BCUT2D eigenvalue weighted by atomic mass is 35.5. The maximum atomic E-state index is 12.0. The van der Waals surface area contributed by atoms with Crippen LogP contribution >= 0.6 is 12.4 Å². The molecule has 1 unspecified atom stereocenters. The quantitative estimate of drug-likeness (QED) is 0.729. The second kappa shape index (κ2) is 10.4. The summed E-state index contributed by atoms with van der Waals surface area (Å²) in [4.78, 5) is 12.0. The van der Waals surface area contributed by atoms with Gasteiger partial charge < -0.3 is 20.5 Å². The van der Waals surface area contributed by atoms with Gasteiger partial charge in [-0.25, -0.2) is 0 Å². The molecule has 6 heteroatoms. The Morgan fingerprint density at radius 1 is 1.19 bits per heavy atom. The summed E-state index contributed by atoms with van der Waals surface area (Å²) in [6, 6.07) is -0.409. The largest absolute Gasteiger partial charge is 0.381 e. The number of halogens is 1. The molecule has 0 aromatic carbocycles. The van der Waals surface area contributed by atoms with Gasteiger partial charge in [0.2, 0.25) is 5.91 Å². The van der Waals surface area contributed by atoms with Gasteiger partial charge in [-0.05, 0) is 31.6 Å². The molecule has 1 aliphatic heterocycles. The van der Waals surface area contributed by atoms with Crippen LogP contribution in [0.5, 0.6) is 0 Å². The topological polar surface area (TPSA) is 73.6 Å². The predicted molar refractivity (Wildman–Crippen MR) is 84.6 cm³/mol. The van der Waals surface area contributed by atoms with Crippen LogP contribution in [-0.2, 0) is 14.3 Å². The van der Waals surface area contributed by atoms with Crippen molar-refractivity contribution in [1.82, 2.24) is 5.32 Å². The van der Waals surface area contributed by atoms with Crippen molar-refractivity contribution < 1.29 is 14.3 Å². The Labute approximate surface area is 133 Å². The number of carbonyl (C=O) groups is 1. The van der Waals surface area contributed by atoms with Crippen molar-refractivity contribution in [1.29, 1.82) is 0 Å². The summed E-state index contributed by atoms with van der Waals surface area (Å²) in [5.41, 5.74) is 6.01. The van der Waals surface area contributed by atoms with Crippen LogP contribution in [0.3, 0.4) is 0 Å². The van der Waals surface area contributed by atoms with Gasteiger partial charge in [0.25, 0.3) is 0 Å². The van der Waals surface area contributed by atoms with Gasteiger partial charge in [-0.1, -0.05) is 19.3 Å². The molecule has 0 aromatic rings. The number of amides is 1. The van der Waals surface area contributed by atoms with Crippen molar-refractivity contribution in [2.75, 3.05) is 26.4 Å². The van der Waals surface area contributed by atoms with Crippen LogP contribution in [0.2, 0.25) is 0 Å². The zero-order chi connectivity index (χ0) is 14.2. The lowest BCUT2D eigenvalue weighted by Crippen LogP contribution is -2.47. The van der Waals surface area contributed by atoms with Crippen LogP contribution in [0.4, 0.5) is 0 Å². The van der Waals surface area contributed by atoms with Crippen molar-refractivity contribution in [2.24, 2.45) is 11.7 Å². The normalized spacial score (nSPS) is 22.3. The molecule has 1 saturated heterocycles. The molecule has 1 heterocycles. The highest BCUT2D eigenvalue weighted by molar-refractivity contribution is 5.85. The molecule has 0 spiro atoms. The van der Waals surface area contributed by atoms with E-state index in [0.717, 1.165) is 38.9 Å². The van der Waals surface area contributed by atoms with Gasteiger partial charge in [0.1, 0.15) is 0 Å². The van der Waals surface area contributed by atoms with Gasteiger partial charge in [-0.15, -0.1) is 12.4 Å². The average Bonchev–Trinajstić information content (AvgIpc) is 2.52. The average molecular weight is 321 g/mol. The van der Waals surface area contributed by atoms with E-state index in [9.17, 15) is 4.79 Å². The Bertz CT molecular complexity index is 293. The van der Waals surface area contributed by atoms with E-state index in [4.69, 9.17) is 15.2 Å². The van der Waals surface area contributed by atoms with E-state index in [0.29, 0.717) is 19.3 Å². The molecule has 0 aromatic heterocycles. The Morgan fingerprint density at radius 3 is 2.52 bits per heavy atom. The van der Waals surface area contributed by atoms with Crippen molar-refractivity contribution >= 4 is 18.3 Å². The number of carbonyl (C=O) groups excluding carboxylic acids is 1. The maximum Gasteiger partial charge on any atom is 0.237 e. The van der Waals surface area contributed by atoms with E-state index in [1.807, 2.05) is 0 Å². The standard InChI is InChI=1S/C15H28N2O3.ClH/c16-14(12-6-9-19-10-7-12)15(18)17-8-11-20-13-4-2-1-3-5-13;/h12-14H,1-11,16H2,(H,17,18);1H. The van der Waals surface area contributed by atoms with Crippen LogP contribution in [0.1, 0.15) is 44.9 Å². The van der Waals surface area contributed by atoms with Gasteiger partial charge in [0.15, 0.2) is 0 Å². The van der Waals surface area contributed by atoms with Crippen molar-refractivity contribution in [2.45, 2.75) is 57.1 Å². The number of nitrogens with one attached hydrogen (secondary N) is 1. The highest BCUT2D eigenvalue weighted by Gasteiger charge is 2.26. The molecule has 2 rings (SSSR count). The zero-order valence-corrected chi connectivity index (χ0v) is 13.5. The zero-order valence-electron chi connectivity index (χ0n) is 12.7. The molecule has 124 valence electrons. The summed E-state index contributed by atoms with van der Waals surface area (Å²) in [6.45, 7) is 2.59. The van der Waals surface area contributed by atoms with Crippen molar-refractivity contribution in [3.63, 3.8) is 0 Å². The Kier molecular flexibility index (Phi) is 9.24. The van der Waals surface area contributed by atoms with Gasteiger partial charge in [0, 0.05) is 19.8 Å². The SMILES string of the molecule is Cl.NC(C(=O)NCCOC1CCCCC1)C1CCOCC1. The fourth-order valence-corrected chi connectivity index (χ4v) is 3.04. The molecule has 1 aliphatic carbocycles. The van der Waals surface area contributed by atoms with Crippen molar-refractivity contribution in [3.8, 4) is 0 Å². The van der Waals surface area contributed by atoms with Gasteiger partial charge in [-0.3, -0.25) is 4.79 Å². The second-order valence-corrected chi connectivity index (χ2v) is 5.90. The van der Waals surface area contributed by atoms with Crippen LogP contribution in [0, 0.1) is 5.92 Å². The second-order valence-electron chi connectivity index (χ2n) is 5.90. The molecule has 1 atom stereocenters. The molecule has 0 bridgehead atoms. The minimum absolute atomic E-state index is 0. The Balaban J connectivity index is 0.00000220. The minimum atomic E-state index is -0.409. The van der Waals surface area contributed by atoms with Crippen LogP contribution in [0.15, 0.2) is 0 Å². The number of hydrogen-bond donors (Lipinski definition) is 2. The van der Waals surface area contributed by atoms with E-state index in [2.05, 4.69) is 5.32 Å². The molecule has 0 radical (unpaired) electrons.